The number of fused-ring (bicyclic) bond motifs is 1. The number of halogens is 1. The van der Waals surface area contributed by atoms with Crippen molar-refractivity contribution < 1.29 is 17.9 Å². The van der Waals surface area contributed by atoms with E-state index in [0.717, 1.165) is 17.8 Å². The summed E-state index contributed by atoms with van der Waals surface area (Å²) in [5.74, 6) is 0.393. The highest BCUT2D eigenvalue weighted by Gasteiger charge is 2.24. The van der Waals surface area contributed by atoms with E-state index in [2.05, 4.69) is 23.7 Å². The van der Waals surface area contributed by atoms with Gasteiger partial charge in [0.2, 0.25) is 0 Å². The molecule has 32 heavy (non-hydrogen) atoms. The largest absolute Gasteiger partial charge is 0.497 e. The summed E-state index contributed by atoms with van der Waals surface area (Å²) in [4.78, 5) is 22.1. The number of likely N-dealkylation sites (N-methyl/N-ethyl adjacent to an activating group) is 1. The molecule has 0 unspecified atom stereocenters. The number of methoxy groups -OCH3 is 1. The highest BCUT2D eigenvalue weighted by Crippen LogP contribution is 2.33. The van der Waals surface area contributed by atoms with Crippen molar-refractivity contribution in [1.82, 2.24) is 9.88 Å². The average Bonchev–Trinajstić information content (AvgIpc) is 3.19. The predicted octanol–water partition coefficient (Wildman–Crippen LogP) is 4.12. The number of benzene rings is 2. The number of nitrogens with zero attached hydrogens (tertiary/aromatic N) is 3. The SMILES string of the molecule is CCN(CC)CCN(C(=O)c1cccc(OC)c1)c1nc2c(S(C)(=O)=O)cccc2s1.Cl. The zero-order valence-electron chi connectivity index (χ0n) is 18.6. The van der Waals surface area contributed by atoms with E-state index in [-0.39, 0.29) is 23.2 Å². The Morgan fingerprint density at radius 2 is 1.78 bits per heavy atom. The van der Waals surface area contributed by atoms with Crippen LogP contribution in [0.3, 0.4) is 0 Å². The summed E-state index contributed by atoms with van der Waals surface area (Å²) in [6.45, 7) is 7.01. The van der Waals surface area contributed by atoms with Crippen molar-refractivity contribution in [3.8, 4) is 5.75 Å². The van der Waals surface area contributed by atoms with Crippen LogP contribution in [0.2, 0.25) is 0 Å². The smallest absolute Gasteiger partial charge is 0.260 e. The molecule has 3 aromatic rings. The Hall–Kier alpha value is -2.20. The monoisotopic (exact) mass is 497 g/mol. The predicted molar refractivity (Wildman–Crippen MR) is 132 cm³/mol. The summed E-state index contributed by atoms with van der Waals surface area (Å²) in [5.41, 5.74) is 0.887. The van der Waals surface area contributed by atoms with E-state index in [9.17, 15) is 13.2 Å². The molecule has 0 saturated carbocycles. The van der Waals surface area contributed by atoms with Gasteiger partial charge >= 0.3 is 0 Å². The second-order valence-corrected chi connectivity index (χ2v) is 10.1. The molecule has 0 atom stereocenters. The molecule has 0 aliphatic rings. The molecule has 1 heterocycles. The molecule has 2 aromatic carbocycles. The van der Waals surface area contributed by atoms with Gasteiger partial charge in [-0.3, -0.25) is 9.69 Å². The maximum Gasteiger partial charge on any atom is 0.260 e. The summed E-state index contributed by atoms with van der Waals surface area (Å²) < 4.78 is 30.4. The van der Waals surface area contributed by atoms with Crippen LogP contribution in [0.15, 0.2) is 47.4 Å². The molecule has 0 saturated heterocycles. The van der Waals surface area contributed by atoms with Crippen LogP contribution in [0.5, 0.6) is 5.75 Å². The number of amides is 1. The first-order valence-electron chi connectivity index (χ1n) is 10.1. The molecule has 0 aliphatic carbocycles. The van der Waals surface area contributed by atoms with Crippen molar-refractivity contribution >= 4 is 54.8 Å². The molecule has 1 amide bonds. The van der Waals surface area contributed by atoms with Gasteiger partial charge in [-0.2, -0.15) is 0 Å². The number of sulfone groups is 1. The Balaban J connectivity index is 0.00000363. The molecule has 0 radical (unpaired) electrons. The van der Waals surface area contributed by atoms with Crippen molar-refractivity contribution in [3.05, 3.63) is 48.0 Å². The van der Waals surface area contributed by atoms with Gasteiger partial charge in [-0.05, 0) is 43.4 Å². The lowest BCUT2D eigenvalue weighted by Gasteiger charge is -2.24. The van der Waals surface area contributed by atoms with Gasteiger partial charge < -0.3 is 9.64 Å². The van der Waals surface area contributed by atoms with Crippen LogP contribution in [0.4, 0.5) is 5.13 Å². The Kier molecular flexibility index (Phi) is 9.03. The summed E-state index contributed by atoms with van der Waals surface area (Å²) in [7, 11) is -1.88. The minimum Gasteiger partial charge on any atom is -0.497 e. The Bertz CT molecular complexity index is 1180. The lowest BCUT2D eigenvalue weighted by molar-refractivity contribution is 0.0983. The number of ether oxygens (including phenoxy) is 1. The number of hydrogen-bond acceptors (Lipinski definition) is 7. The van der Waals surface area contributed by atoms with Gasteiger partial charge in [0.05, 0.1) is 16.7 Å². The van der Waals surface area contributed by atoms with E-state index < -0.39 is 9.84 Å². The second-order valence-electron chi connectivity index (χ2n) is 7.09. The van der Waals surface area contributed by atoms with Crippen LogP contribution >= 0.6 is 23.7 Å². The average molecular weight is 498 g/mol. The fourth-order valence-corrected chi connectivity index (χ4v) is 5.22. The standard InChI is InChI=1S/C22H27N3O4S2.ClH/c1-5-24(6-2)13-14-25(21(26)16-9-7-10-17(15-16)29-3)22-23-20-18(30-22)11-8-12-19(20)31(4,27)28;/h7-12,15H,5-6,13-14H2,1-4H3;1H. The van der Waals surface area contributed by atoms with Gasteiger partial charge in [0.15, 0.2) is 15.0 Å². The number of carbonyl (C=O) groups excluding carboxylic acids is 1. The van der Waals surface area contributed by atoms with Crippen LogP contribution in [-0.4, -0.2) is 63.8 Å². The first-order valence-corrected chi connectivity index (χ1v) is 12.8. The zero-order chi connectivity index (χ0) is 22.6. The summed E-state index contributed by atoms with van der Waals surface area (Å²) in [6.07, 6.45) is 1.17. The number of anilines is 1. The molecular formula is C22H28ClN3O4S2. The lowest BCUT2D eigenvalue weighted by Crippen LogP contribution is -2.38. The third kappa shape index (κ3) is 5.78. The van der Waals surface area contributed by atoms with Crippen LogP contribution < -0.4 is 9.64 Å². The number of para-hydroxylation sites is 1. The molecule has 0 N–H and O–H groups in total. The Morgan fingerprint density at radius 3 is 2.41 bits per heavy atom. The summed E-state index contributed by atoms with van der Waals surface area (Å²) in [6, 6.07) is 12.1. The van der Waals surface area contributed by atoms with Gasteiger partial charge in [0.25, 0.3) is 5.91 Å². The van der Waals surface area contributed by atoms with E-state index in [1.165, 1.54) is 17.6 Å². The van der Waals surface area contributed by atoms with E-state index in [0.29, 0.717) is 35.1 Å². The third-order valence-corrected chi connectivity index (χ3v) is 7.27. The molecule has 0 bridgehead atoms. The molecule has 0 spiro atoms. The van der Waals surface area contributed by atoms with Crippen LogP contribution in [0, 0.1) is 0 Å². The maximum atomic E-state index is 13.5. The van der Waals surface area contributed by atoms with Crippen molar-refractivity contribution in [2.24, 2.45) is 0 Å². The van der Waals surface area contributed by atoms with E-state index in [1.54, 1.807) is 48.4 Å². The van der Waals surface area contributed by atoms with Crippen molar-refractivity contribution in [3.63, 3.8) is 0 Å². The van der Waals surface area contributed by atoms with Gasteiger partial charge in [-0.15, -0.1) is 12.4 Å². The second kappa shape index (κ2) is 11.1. The molecule has 1 aromatic heterocycles. The van der Waals surface area contributed by atoms with E-state index in [4.69, 9.17) is 4.74 Å². The number of thiazole rings is 1. The molecule has 10 heteroatoms. The van der Waals surface area contributed by atoms with Crippen LogP contribution in [0.1, 0.15) is 24.2 Å². The van der Waals surface area contributed by atoms with Crippen molar-refractivity contribution in [1.29, 1.82) is 0 Å². The number of rotatable bonds is 9. The minimum absolute atomic E-state index is 0. The zero-order valence-corrected chi connectivity index (χ0v) is 21.0. The molecular weight excluding hydrogens is 470 g/mol. The topological polar surface area (TPSA) is 79.8 Å². The van der Waals surface area contributed by atoms with Crippen molar-refractivity contribution in [2.45, 2.75) is 18.7 Å². The Labute approximate surface area is 199 Å². The molecule has 7 nitrogen and oxygen atoms in total. The lowest BCUT2D eigenvalue weighted by atomic mass is 10.2. The molecule has 3 rings (SSSR count). The molecule has 174 valence electrons. The van der Waals surface area contributed by atoms with E-state index in [1.807, 2.05) is 6.07 Å². The quantitative estimate of drug-likeness (QED) is 0.442. The number of aromatic nitrogens is 1. The van der Waals surface area contributed by atoms with Crippen molar-refractivity contribution in [2.75, 3.05) is 44.4 Å². The first-order chi connectivity index (χ1) is 14.8. The minimum atomic E-state index is -3.44. The summed E-state index contributed by atoms with van der Waals surface area (Å²) >= 11 is 1.32. The fourth-order valence-electron chi connectivity index (χ4n) is 3.30. The van der Waals surface area contributed by atoms with Crippen LogP contribution in [0.25, 0.3) is 10.2 Å². The highest BCUT2D eigenvalue weighted by molar-refractivity contribution is 7.91. The first kappa shape index (κ1) is 26.1. The third-order valence-electron chi connectivity index (χ3n) is 5.10. The maximum absolute atomic E-state index is 13.5. The summed E-state index contributed by atoms with van der Waals surface area (Å²) in [5, 5.41) is 0.478. The fraction of sp³-hybridized carbons (Fsp3) is 0.364. The molecule has 0 aliphatic heterocycles. The van der Waals surface area contributed by atoms with Gasteiger partial charge in [-0.25, -0.2) is 13.4 Å². The highest BCUT2D eigenvalue weighted by atomic mass is 35.5. The van der Waals surface area contributed by atoms with E-state index >= 15 is 0 Å². The number of hydrogen-bond donors (Lipinski definition) is 0. The Morgan fingerprint density at radius 1 is 1.09 bits per heavy atom. The van der Waals surface area contributed by atoms with Crippen LogP contribution in [-0.2, 0) is 9.84 Å². The van der Waals surface area contributed by atoms with Gasteiger partial charge in [-0.1, -0.05) is 37.3 Å². The normalized spacial score (nSPS) is 11.4. The van der Waals surface area contributed by atoms with Gasteiger partial charge in [0, 0.05) is 24.9 Å². The molecule has 0 fully saturated rings. The number of carbonyl (C=O) groups is 1. The van der Waals surface area contributed by atoms with Gasteiger partial charge in [0.1, 0.15) is 11.3 Å².